The van der Waals surface area contributed by atoms with Crippen molar-refractivity contribution in [3.8, 4) is 0 Å². The summed E-state index contributed by atoms with van der Waals surface area (Å²) in [4.78, 5) is 7.97. The predicted octanol–water partition coefficient (Wildman–Crippen LogP) is 3.12. The van der Waals surface area contributed by atoms with Gasteiger partial charge < -0.3 is 4.90 Å². The van der Waals surface area contributed by atoms with Crippen LogP contribution in [0.2, 0.25) is 0 Å². The molecule has 3 heterocycles. The number of hydrogen-bond donors (Lipinski definition) is 0. The van der Waals surface area contributed by atoms with E-state index in [0.717, 1.165) is 12.6 Å². The molecule has 3 aliphatic rings. The average molecular weight is 328 g/mol. The molecule has 1 aromatic carbocycles. The number of benzene rings is 1. The number of likely N-dealkylation sites (tertiary alicyclic amines) is 2. The van der Waals surface area contributed by atoms with Crippen molar-refractivity contribution in [3.63, 3.8) is 0 Å². The van der Waals surface area contributed by atoms with Crippen molar-refractivity contribution in [1.29, 1.82) is 0 Å². The molecule has 3 heteroatoms. The lowest BCUT2D eigenvalue weighted by molar-refractivity contribution is 0.177. The van der Waals surface area contributed by atoms with Crippen LogP contribution in [0.1, 0.15) is 49.3 Å². The van der Waals surface area contributed by atoms with Crippen LogP contribution in [0.25, 0.3) is 0 Å². The Balaban J connectivity index is 1.38. The Morgan fingerprint density at radius 2 is 1.83 bits per heavy atom. The number of nitrogens with zero attached hydrogens (tertiary/aromatic N) is 3. The van der Waals surface area contributed by atoms with Gasteiger partial charge >= 0.3 is 0 Å². The van der Waals surface area contributed by atoms with Crippen molar-refractivity contribution < 1.29 is 0 Å². The second kappa shape index (κ2) is 7.55. The van der Waals surface area contributed by atoms with Gasteiger partial charge in [-0.3, -0.25) is 9.80 Å². The molecule has 1 unspecified atom stereocenters. The van der Waals surface area contributed by atoms with Gasteiger partial charge in [-0.1, -0.05) is 31.5 Å². The molecule has 1 atom stereocenters. The lowest BCUT2D eigenvalue weighted by Crippen LogP contribution is -2.41. The van der Waals surface area contributed by atoms with E-state index in [-0.39, 0.29) is 0 Å². The van der Waals surface area contributed by atoms with Crippen LogP contribution in [-0.2, 0) is 19.5 Å². The van der Waals surface area contributed by atoms with E-state index in [1.165, 1.54) is 83.5 Å². The molecule has 0 amide bonds. The molecule has 0 aliphatic carbocycles. The summed E-state index contributed by atoms with van der Waals surface area (Å²) in [5.74, 6) is 0. The van der Waals surface area contributed by atoms with Crippen LogP contribution in [0.5, 0.6) is 0 Å². The Labute approximate surface area is 147 Å². The standard InChI is InChI=1S/C21H33N3/c1-2-22-12-9-21(17-22)24-13-8-19-14-18(6-7-20(19)16-24)15-23-10-4-3-5-11-23/h6-7,14,21H,2-5,8-13,15-17H2,1H3. The van der Waals surface area contributed by atoms with E-state index in [1.54, 1.807) is 11.1 Å². The maximum absolute atomic E-state index is 2.74. The fraction of sp³-hybridized carbons (Fsp3) is 0.714. The maximum atomic E-state index is 2.74. The lowest BCUT2D eigenvalue weighted by Gasteiger charge is -2.34. The van der Waals surface area contributed by atoms with Gasteiger partial charge in [-0.25, -0.2) is 0 Å². The molecular weight excluding hydrogens is 294 g/mol. The van der Waals surface area contributed by atoms with E-state index in [4.69, 9.17) is 0 Å². The largest absolute Gasteiger partial charge is 0.302 e. The molecular formula is C21H33N3. The molecule has 24 heavy (non-hydrogen) atoms. The first-order valence-corrected chi connectivity index (χ1v) is 10.1. The van der Waals surface area contributed by atoms with Crippen LogP contribution < -0.4 is 0 Å². The smallest absolute Gasteiger partial charge is 0.0240 e. The van der Waals surface area contributed by atoms with Gasteiger partial charge in [0, 0.05) is 32.2 Å². The molecule has 3 nitrogen and oxygen atoms in total. The molecule has 4 rings (SSSR count). The third-order valence-electron chi connectivity index (χ3n) is 6.38. The van der Waals surface area contributed by atoms with Crippen molar-refractivity contribution in [3.05, 3.63) is 34.9 Å². The Hall–Kier alpha value is -0.900. The summed E-state index contributed by atoms with van der Waals surface area (Å²) in [6, 6.07) is 8.11. The molecule has 2 saturated heterocycles. The predicted molar refractivity (Wildman–Crippen MR) is 100 cm³/mol. The van der Waals surface area contributed by atoms with Gasteiger partial charge in [0.15, 0.2) is 0 Å². The normalized spacial score (nSPS) is 26.6. The highest BCUT2D eigenvalue weighted by atomic mass is 15.3. The van der Waals surface area contributed by atoms with E-state index in [1.807, 2.05) is 0 Å². The Morgan fingerprint density at radius 1 is 0.958 bits per heavy atom. The molecule has 0 saturated carbocycles. The molecule has 0 N–H and O–H groups in total. The molecule has 0 aromatic heterocycles. The zero-order valence-corrected chi connectivity index (χ0v) is 15.3. The summed E-state index contributed by atoms with van der Waals surface area (Å²) >= 11 is 0. The quantitative estimate of drug-likeness (QED) is 0.841. The van der Waals surface area contributed by atoms with Crippen molar-refractivity contribution in [1.82, 2.24) is 14.7 Å². The first kappa shape index (κ1) is 16.6. The molecule has 3 aliphatic heterocycles. The van der Waals surface area contributed by atoms with Crippen LogP contribution in [0.15, 0.2) is 18.2 Å². The van der Waals surface area contributed by atoms with Gasteiger partial charge in [0.25, 0.3) is 0 Å². The number of hydrogen-bond acceptors (Lipinski definition) is 3. The van der Waals surface area contributed by atoms with Crippen molar-refractivity contribution in [2.75, 3.05) is 39.3 Å². The summed E-state index contributed by atoms with van der Waals surface area (Å²) in [5, 5.41) is 0. The molecule has 1 aromatic rings. The lowest BCUT2D eigenvalue weighted by atomic mass is 9.95. The molecule has 132 valence electrons. The first-order valence-electron chi connectivity index (χ1n) is 10.1. The zero-order valence-electron chi connectivity index (χ0n) is 15.3. The van der Waals surface area contributed by atoms with E-state index in [0.29, 0.717) is 0 Å². The summed E-state index contributed by atoms with van der Waals surface area (Å²) in [5.41, 5.74) is 4.73. The minimum absolute atomic E-state index is 0.783. The Morgan fingerprint density at radius 3 is 2.62 bits per heavy atom. The monoisotopic (exact) mass is 327 g/mol. The van der Waals surface area contributed by atoms with Gasteiger partial charge in [-0.2, -0.15) is 0 Å². The van der Waals surface area contributed by atoms with E-state index in [2.05, 4.69) is 39.8 Å². The molecule has 0 spiro atoms. The van der Waals surface area contributed by atoms with Gasteiger partial charge in [-0.05, 0) is 68.6 Å². The molecule has 0 radical (unpaired) electrons. The first-order chi connectivity index (χ1) is 11.8. The Kier molecular flexibility index (Phi) is 5.21. The molecule has 0 bridgehead atoms. The SMILES string of the molecule is CCN1CCC(N2CCc3cc(CN4CCCCC4)ccc3C2)C1. The summed E-state index contributed by atoms with van der Waals surface area (Å²) < 4.78 is 0. The van der Waals surface area contributed by atoms with E-state index < -0.39 is 0 Å². The third kappa shape index (κ3) is 3.68. The topological polar surface area (TPSA) is 9.72 Å². The second-order valence-corrected chi connectivity index (χ2v) is 8.00. The van der Waals surface area contributed by atoms with Crippen LogP contribution >= 0.6 is 0 Å². The molecule has 2 fully saturated rings. The van der Waals surface area contributed by atoms with Crippen LogP contribution in [-0.4, -0.2) is 60.0 Å². The average Bonchev–Trinajstić information content (AvgIpc) is 3.11. The summed E-state index contributed by atoms with van der Waals surface area (Å²) in [7, 11) is 0. The van der Waals surface area contributed by atoms with Gasteiger partial charge in [0.2, 0.25) is 0 Å². The van der Waals surface area contributed by atoms with Crippen molar-refractivity contribution in [2.45, 2.75) is 58.2 Å². The zero-order chi connectivity index (χ0) is 16.4. The van der Waals surface area contributed by atoms with Crippen molar-refractivity contribution >= 4 is 0 Å². The maximum Gasteiger partial charge on any atom is 0.0240 e. The number of piperidine rings is 1. The van der Waals surface area contributed by atoms with E-state index in [9.17, 15) is 0 Å². The van der Waals surface area contributed by atoms with Gasteiger partial charge in [0.1, 0.15) is 0 Å². The van der Waals surface area contributed by atoms with E-state index >= 15 is 0 Å². The highest BCUT2D eigenvalue weighted by Crippen LogP contribution is 2.26. The fourth-order valence-corrected chi connectivity index (χ4v) is 4.81. The third-order valence-corrected chi connectivity index (χ3v) is 6.38. The highest BCUT2D eigenvalue weighted by molar-refractivity contribution is 5.34. The second-order valence-electron chi connectivity index (χ2n) is 8.00. The fourth-order valence-electron chi connectivity index (χ4n) is 4.81. The van der Waals surface area contributed by atoms with Crippen LogP contribution in [0.3, 0.4) is 0 Å². The minimum Gasteiger partial charge on any atom is -0.302 e. The highest BCUT2D eigenvalue weighted by Gasteiger charge is 2.29. The summed E-state index contributed by atoms with van der Waals surface area (Å²) in [6.45, 7) is 12.2. The number of likely N-dealkylation sites (N-methyl/N-ethyl adjacent to an activating group) is 1. The van der Waals surface area contributed by atoms with Gasteiger partial charge in [-0.15, -0.1) is 0 Å². The number of rotatable bonds is 4. The van der Waals surface area contributed by atoms with Crippen molar-refractivity contribution in [2.24, 2.45) is 0 Å². The number of fused-ring (bicyclic) bond motifs is 1. The van der Waals surface area contributed by atoms with Crippen LogP contribution in [0.4, 0.5) is 0 Å². The minimum atomic E-state index is 0.783. The van der Waals surface area contributed by atoms with Gasteiger partial charge in [0.05, 0.1) is 0 Å². The summed E-state index contributed by atoms with van der Waals surface area (Å²) in [6.07, 6.45) is 6.79. The Bertz CT molecular complexity index is 550. The van der Waals surface area contributed by atoms with Crippen LogP contribution in [0, 0.1) is 0 Å².